The number of anilines is 2. The SMILES string of the molecule is Cc1cc(Nc2nccn3c(-c4ccc(OC(F)F)cc4)cnc23)ccc1C(=O)N1CCN(C(=O)N[C@@H]2CCNC2)CC1.Cl. The van der Waals surface area contributed by atoms with Crippen LogP contribution in [0.5, 0.6) is 5.75 Å². The zero-order valence-corrected chi connectivity index (χ0v) is 24.8. The molecule has 4 aromatic rings. The number of carbonyl (C=O) groups is 2. The van der Waals surface area contributed by atoms with Crippen molar-refractivity contribution in [2.24, 2.45) is 0 Å². The summed E-state index contributed by atoms with van der Waals surface area (Å²) in [7, 11) is 0. The number of carbonyl (C=O) groups excluding carboxylic acids is 2. The smallest absolute Gasteiger partial charge is 0.387 e. The minimum absolute atomic E-state index is 0. The van der Waals surface area contributed by atoms with Gasteiger partial charge in [-0.3, -0.25) is 9.20 Å². The molecule has 0 spiro atoms. The Morgan fingerprint density at radius 1 is 1.05 bits per heavy atom. The van der Waals surface area contributed by atoms with E-state index in [2.05, 4.69) is 30.7 Å². The van der Waals surface area contributed by atoms with Crippen LogP contribution < -0.4 is 20.7 Å². The third-order valence-electron chi connectivity index (χ3n) is 7.76. The van der Waals surface area contributed by atoms with Crippen LogP contribution in [0, 0.1) is 6.92 Å². The van der Waals surface area contributed by atoms with Gasteiger partial charge in [0, 0.05) is 68.0 Å². The lowest BCUT2D eigenvalue weighted by Crippen LogP contribution is -2.54. The first-order valence-electron chi connectivity index (χ1n) is 14.2. The van der Waals surface area contributed by atoms with Crippen molar-refractivity contribution < 1.29 is 23.1 Å². The predicted octanol–water partition coefficient (Wildman–Crippen LogP) is 4.30. The molecule has 0 bridgehead atoms. The molecule has 4 heterocycles. The summed E-state index contributed by atoms with van der Waals surface area (Å²) in [5, 5.41) is 9.61. The molecule has 1 atom stereocenters. The number of halogens is 3. The number of hydrogen-bond acceptors (Lipinski definition) is 7. The number of rotatable bonds is 7. The monoisotopic (exact) mass is 626 g/mol. The number of hydrogen-bond donors (Lipinski definition) is 3. The molecule has 2 aromatic heterocycles. The summed E-state index contributed by atoms with van der Waals surface area (Å²) in [6, 6.07) is 12.0. The van der Waals surface area contributed by atoms with Crippen molar-refractivity contribution >= 4 is 41.5 Å². The lowest BCUT2D eigenvalue weighted by Gasteiger charge is -2.35. The Bertz CT molecular complexity index is 1620. The maximum Gasteiger partial charge on any atom is 0.387 e. The number of aromatic nitrogens is 3. The quantitative estimate of drug-likeness (QED) is 0.280. The van der Waals surface area contributed by atoms with Crippen LogP contribution in [0.4, 0.5) is 25.1 Å². The van der Waals surface area contributed by atoms with E-state index in [-0.39, 0.29) is 36.1 Å². The summed E-state index contributed by atoms with van der Waals surface area (Å²) in [5.41, 5.74) is 4.27. The van der Waals surface area contributed by atoms with Crippen molar-refractivity contribution in [1.29, 1.82) is 0 Å². The number of piperazine rings is 1. The van der Waals surface area contributed by atoms with Gasteiger partial charge < -0.3 is 30.5 Å². The Morgan fingerprint density at radius 2 is 1.80 bits per heavy atom. The van der Waals surface area contributed by atoms with Crippen LogP contribution in [-0.4, -0.2) is 88.0 Å². The van der Waals surface area contributed by atoms with Crippen LogP contribution in [0.25, 0.3) is 16.9 Å². The molecular formula is C30H33ClF2N8O3. The Balaban J connectivity index is 0.00000384. The molecule has 2 aromatic carbocycles. The average Bonchev–Trinajstić information content (AvgIpc) is 3.68. The number of fused-ring (bicyclic) bond motifs is 1. The van der Waals surface area contributed by atoms with Crippen molar-refractivity contribution in [3.05, 3.63) is 72.2 Å². The molecule has 0 radical (unpaired) electrons. The fourth-order valence-electron chi connectivity index (χ4n) is 5.47. The highest BCUT2D eigenvalue weighted by molar-refractivity contribution is 5.96. The molecule has 3 amide bonds. The summed E-state index contributed by atoms with van der Waals surface area (Å²) in [4.78, 5) is 38.5. The zero-order valence-electron chi connectivity index (χ0n) is 24.0. The molecule has 2 aliphatic heterocycles. The van der Waals surface area contributed by atoms with E-state index in [0.29, 0.717) is 43.2 Å². The summed E-state index contributed by atoms with van der Waals surface area (Å²) in [5.74, 6) is 0.538. The summed E-state index contributed by atoms with van der Waals surface area (Å²) in [6.45, 7) is 2.65. The number of nitrogens with zero attached hydrogens (tertiary/aromatic N) is 5. The van der Waals surface area contributed by atoms with Crippen LogP contribution in [0.1, 0.15) is 22.3 Å². The van der Waals surface area contributed by atoms with Crippen LogP contribution >= 0.6 is 12.4 Å². The third kappa shape index (κ3) is 6.68. The maximum absolute atomic E-state index is 13.3. The summed E-state index contributed by atoms with van der Waals surface area (Å²) < 4.78 is 31.3. The number of nitrogens with one attached hydrogen (secondary N) is 3. The number of alkyl halides is 2. The highest BCUT2D eigenvalue weighted by atomic mass is 35.5. The largest absolute Gasteiger partial charge is 0.435 e. The molecule has 3 N–H and O–H groups in total. The van der Waals surface area contributed by atoms with Crippen LogP contribution in [0.15, 0.2) is 61.1 Å². The van der Waals surface area contributed by atoms with Gasteiger partial charge in [-0.25, -0.2) is 14.8 Å². The number of ether oxygens (including phenoxy) is 1. The van der Waals surface area contributed by atoms with Gasteiger partial charge in [0.2, 0.25) is 0 Å². The van der Waals surface area contributed by atoms with E-state index in [1.165, 1.54) is 12.1 Å². The molecule has 2 fully saturated rings. The predicted molar refractivity (Wildman–Crippen MR) is 164 cm³/mol. The molecule has 2 aliphatic rings. The molecular weight excluding hydrogens is 594 g/mol. The molecule has 0 aliphatic carbocycles. The Hall–Kier alpha value is -4.49. The Labute approximate surface area is 259 Å². The van der Waals surface area contributed by atoms with Crippen molar-refractivity contribution in [3.63, 3.8) is 0 Å². The molecule has 232 valence electrons. The first-order valence-corrected chi connectivity index (χ1v) is 14.2. The number of benzene rings is 2. The van der Waals surface area contributed by atoms with Gasteiger partial charge in [-0.05, 0) is 67.9 Å². The molecule has 6 rings (SSSR count). The van der Waals surface area contributed by atoms with Crippen LogP contribution in [0.3, 0.4) is 0 Å². The highest BCUT2D eigenvalue weighted by Crippen LogP contribution is 2.28. The van der Waals surface area contributed by atoms with Crippen molar-refractivity contribution in [2.45, 2.75) is 26.0 Å². The fraction of sp³-hybridized carbons (Fsp3) is 0.333. The second-order valence-electron chi connectivity index (χ2n) is 10.6. The highest BCUT2D eigenvalue weighted by Gasteiger charge is 2.27. The van der Waals surface area contributed by atoms with Gasteiger partial charge in [0.05, 0.1) is 11.9 Å². The van der Waals surface area contributed by atoms with Gasteiger partial charge in [0.1, 0.15) is 5.75 Å². The molecule has 0 saturated carbocycles. The maximum atomic E-state index is 13.3. The van der Waals surface area contributed by atoms with Crippen LogP contribution in [0.2, 0.25) is 0 Å². The number of imidazole rings is 1. The van der Waals surface area contributed by atoms with Gasteiger partial charge in [0.25, 0.3) is 5.91 Å². The van der Waals surface area contributed by atoms with E-state index in [0.717, 1.165) is 42.0 Å². The summed E-state index contributed by atoms with van der Waals surface area (Å²) >= 11 is 0. The number of aryl methyl sites for hydroxylation is 1. The second-order valence-corrected chi connectivity index (χ2v) is 10.6. The second kappa shape index (κ2) is 13.4. The van der Waals surface area contributed by atoms with E-state index in [1.807, 2.05) is 23.5 Å². The third-order valence-corrected chi connectivity index (χ3v) is 7.76. The molecule has 0 unspecified atom stereocenters. The van der Waals surface area contributed by atoms with Crippen LogP contribution in [-0.2, 0) is 0 Å². The lowest BCUT2D eigenvalue weighted by atomic mass is 10.1. The van der Waals surface area contributed by atoms with E-state index in [4.69, 9.17) is 0 Å². The molecule has 11 nitrogen and oxygen atoms in total. The number of amides is 3. The average molecular weight is 627 g/mol. The van der Waals surface area contributed by atoms with Crippen molar-refractivity contribution in [1.82, 2.24) is 34.8 Å². The Kier molecular flexibility index (Phi) is 9.45. The van der Waals surface area contributed by atoms with E-state index in [9.17, 15) is 18.4 Å². The first kappa shape index (κ1) is 31.0. The Morgan fingerprint density at radius 3 is 2.48 bits per heavy atom. The van der Waals surface area contributed by atoms with Gasteiger partial charge in [-0.1, -0.05) is 0 Å². The van der Waals surface area contributed by atoms with E-state index in [1.54, 1.807) is 46.6 Å². The topological polar surface area (TPSA) is 116 Å². The lowest BCUT2D eigenvalue weighted by molar-refractivity contribution is -0.0498. The van der Waals surface area contributed by atoms with Gasteiger partial charge in [-0.2, -0.15) is 8.78 Å². The standard InChI is InChI=1S/C30H32F2N8O3.ClH/c1-19-16-21(4-7-24(19)28(41)38-12-14-39(15-13-38)30(42)37-22-8-9-33-17-22)36-26-27-35-18-25(40(27)11-10-34-26)20-2-5-23(6-3-20)43-29(31)32;/h2-7,10-11,16,18,22,29,33H,8-9,12-15,17H2,1H3,(H,34,36)(H,37,42);1H/t22-;/m1./s1. The minimum Gasteiger partial charge on any atom is -0.435 e. The minimum atomic E-state index is -2.88. The summed E-state index contributed by atoms with van der Waals surface area (Å²) in [6.07, 6.45) is 6.03. The van der Waals surface area contributed by atoms with Crippen molar-refractivity contribution in [2.75, 3.05) is 44.6 Å². The molecule has 44 heavy (non-hydrogen) atoms. The van der Waals surface area contributed by atoms with Crippen molar-refractivity contribution in [3.8, 4) is 17.0 Å². The number of urea groups is 1. The molecule has 14 heteroatoms. The van der Waals surface area contributed by atoms with E-state index >= 15 is 0 Å². The van der Waals surface area contributed by atoms with Gasteiger partial charge in [-0.15, -0.1) is 12.4 Å². The molecule has 2 saturated heterocycles. The zero-order chi connectivity index (χ0) is 29.9. The first-order chi connectivity index (χ1) is 20.9. The fourth-order valence-corrected chi connectivity index (χ4v) is 5.47. The normalized spacial score (nSPS) is 16.6. The van der Waals surface area contributed by atoms with Gasteiger partial charge >= 0.3 is 12.6 Å². The van der Waals surface area contributed by atoms with Gasteiger partial charge in [0.15, 0.2) is 11.5 Å². The van der Waals surface area contributed by atoms with E-state index < -0.39 is 6.61 Å².